The largest absolute Gasteiger partial charge is 0.352 e. The third kappa shape index (κ3) is 7.37. The van der Waals surface area contributed by atoms with E-state index < -0.39 is 28.5 Å². The summed E-state index contributed by atoms with van der Waals surface area (Å²) in [6.07, 6.45) is 5.40. The highest BCUT2D eigenvalue weighted by molar-refractivity contribution is 7.92. The summed E-state index contributed by atoms with van der Waals surface area (Å²) in [4.78, 5) is 28.5. The molecule has 0 spiro atoms. The summed E-state index contributed by atoms with van der Waals surface area (Å²) in [6.45, 7) is 3.33. The van der Waals surface area contributed by atoms with Gasteiger partial charge >= 0.3 is 0 Å². The number of anilines is 1. The van der Waals surface area contributed by atoms with E-state index in [2.05, 4.69) is 5.32 Å². The average Bonchev–Trinajstić information content (AvgIpc) is 3.32. The minimum absolute atomic E-state index is 0.0984. The van der Waals surface area contributed by atoms with Gasteiger partial charge in [0.2, 0.25) is 21.8 Å². The van der Waals surface area contributed by atoms with E-state index >= 15 is 0 Å². The topological polar surface area (TPSA) is 86.8 Å². The van der Waals surface area contributed by atoms with Crippen molar-refractivity contribution in [3.63, 3.8) is 0 Å². The van der Waals surface area contributed by atoms with E-state index in [4.69, 9.17) is 23.2 Å². The minimum atomic E-state index is -3.82. The molecule has 0 saturated heterocycles. The number of sulfonamides is 1. The van der Waals surface area contributed by atoms with Gasteiger partial charge in [0.05, 0.1) is 11.9 Å². The van der Waals surface area contributed by atoms with Crippen LogP contribution in [0.2, 0.25) is 10.0 Å². The Morgan fingerprint density at radius 1 is 1.08 bits per heavy atom. The molecule has 3 rings (SSSR count). The van der Waals surface area contributed by atoms with E-state index in [1.807, 2.05) is 13.8 Å². The van der Waals surface area contributed by atoms with E-state index in [1.165, 1.54) is 11.0 Å². The molecule has 196 valence electrons. The summed E-state index contributed by atoms with van der Waals surface area (Å²) in [6, 6.07) is 11.2. The first-order valence-electron chi connectivity index (χ1n) is 12.1. The number of amides is 2. The van der Waals surface area contributed by atoms with E-state index in [0.29, 0.717) is 16.5 Å². The van der Waals surface area contributed by atoms with Crippen LogP contribution >= 0.6 is 23.2 Å². The van der Waals surface area contributed by atoms with E-state index in [1.54, 1.807) is 36.4 Å². The molecule has 2 aromatic carbocycles. The molecule has 0 unspecified atom stereocenters. The van der Waals surface area contributed by atoms with Crippen molar-refractivity contribution in [2.75, 3.05) is 17.1 Å². The molecule has 0 radical (unpaired) electrons. The smallest absolute Gasteiger partial charge is 0.244 e. The van der Waals surface area contributed by atoms with Crippen molar-refractivity contribution in [1.82, 2.24) is 10.2 Å². The highest BCUT2D eigenvalue weighted by Gasteiger charge is 2.33. The lowest BCUT2D eigenvalue weighted by Crippen LogP contribution is -2.53. The number of rotatable bonds is 10. The molecule has 0 heterocycles. The average molecular weight is 555 g/mol. The van der Waals surface area contributed by atoms with Crippen molar-refractivity contribution in [1.29, 1.82) is 0 Å². The Bertz CT molecular complexity index is 1180. The van der Waals surface area contributed by atoms with Crippen LogP contribution < -0.4 is 9.62 Å². The summed E-state index contributed by atoms with van der Waals surface area (Å²) in [5.41, 5.74) is 1.86. The first kappa shape index (κ1) is 28.3. The predicted molar refractivity (Wildman–Crippen MR) is 145 cm³/mol. The third-order valence-electron chi connectivity index (χ3n) is 6.48. The van der Waals surface area contributed by atoms with E-state index in [0.717, 1.165) is 47.4 Å². The number of carbonyl (C=O) groups excluding carboxylic acids is 2. The van der Waals surface area contributed by atoms with E-state index in [9.17, 15) is 18.0 Å². The van der Waals surface area contributed by atoms with Crippen molar-refractivity contribution < 1.29 is 18.0 Å². The van der Waals surface area contributed by atoms with Gasteiger partial charge in [0.1, 0.15) is 12.6 Å². The molecule has 10 heteroatoms. The van der Waals surface area contributed by atoms with Crippen molar-refractivity contribution in [2.45, 2.75) is 64.6 Å². The summed E-state index contributed by atoms with van der Waals surface area (Å²) in [5, 5.41) is 4.04. The van der Waals surface area contributed by atoms with Gasteiger partial charge in [-0.25, -0.2) is 8.42 Å². The molecule has 2 aromatic rings. The number of aryl methyl sites for hydroxylation is 1. The number of hydrogen-bond acceptors (Lipinski definition) is 4. The molecule has 2 amide bonds. The number of benzene rings is 2. The van der Waals surface area contributed by atoms with Gasteiger partial charge in [-0.3, -0.25) is 13.9 Å². The van der Waals surface area contributed by atoms with Gasteiger partial charge in [-0.1, -0.05) is 61.2 Å². The third-order valence-corrected chi connectivity index (χ3v) is 8.28. The maximum absolute atomic E-state index is 13.7. The number of nitrogens with one attached hydrogen (secondary N) is 1. The number of carbonyl (C=O) groups is 2. The number of halogens is 2. The van der Waals surface area contributed by atoms with Gasteiger partial charge in [-0.05, 0) is 61.6 Å². The molecule has 1 saturated carbocycles. The van der Waals surface area contributed by atoms with Gasteiger partial charge < -0.3 is 10.2 Å². The molecule has 1 atom stereocenters. The van der Waals surface area contributed by atoms with Crippen LogP contribution in [-0.4, -0.2) is 50.0 Å². The predicted octanol–water partition coefficient (Wildman–Crippen LogP) is 4.93. The molecule has 1 aliphatic rings. The Balaban J connectivity index is 1.92. The second-order valence-corrected chi connectivity index (χ2v) is 12.0. The van der Waals surface area contributed by atoms with Crippen LogP contribution in [0, 0.1) is 6.92 Å². The van der Waals surface area contributed by atoms with Crippen LogP contribution in [0.25, 0.3) is 0 Å². The molecule has 7 nitrogen and oxygen atoms in total. The van der Waals surface area contributed by atoms with Crippen molar-refractivity contribution in [3.05, 3.63) is 63.6 Å². The van der Waals surface area contributed by atoms with Crippen LogP contribution in [0.4, 0.5) is 5.69 Å². The lowest BCUT2D eigenvalue weighted by molar-refractivity contribution is -0.140. The van der Waals surface area contributed by atoms with Crippen LogP contribution in [-0.2, 0) is 26.2 Å². The van der Waals surface area contributed by atoms with Crippen LogP contribution in [0.5, 0.6) is 0 Å². The molecular weight excluding hydrogens is 521 g/mol. The number of hydrogen-bond donors (Lipinski definition) is 1. The fraction of sp³-hybridized carbons (Fsp3) is 0.462. The van der Waals surface area contributed by atoms with Gasteiger partial charge in [0, 0.05) is 22.6 Å². The van der Waals surface area contributed by atoms with Gasteiger partial charge in [0.15, 0.2) is 0 Å². The SMILES string of the molecule is CC[C@H](C(=O)NC1CCCC1)N(Cc1ccc(Cl)cc1)C(=O)CN(c1ccc(C)c(Cl)c1)S(C)(=O)=O. The van der Waals surface area contributed by atoms with Crippen LogP contribution in [0.3, 0.4) is 0 Å². The molecule has 0 bridgehead atoms. The van der Waals surface area contributed by atoms with Crippen molar-refractivity contribution in [2.24, 2.45) is 0 Å². The quantitative estimate of drug-likeness (QED) is 0.451. The lowest BCUT2D eigenvalue weighted by Gasteiger charge is -2.33. The Labute approximate surface area is 223 Å². The molecule has 1 aliphatic carbocycles. The maximum atomic E-state index is 13.7. The zero-order valence-corrected chi connectivity index (χ0v) is 23.2. The Kier molecular flexibility index (Phi) is 9.66. The standard InChI is InChI=1S/C26H33Cl2N3O4S/c1-4-24(26(33)29-21-7-5-6-8-21)30(16-19-10-12-20(27)13-11-19)25(32)17-31(36(3,34)35)22-14-9-18(2)23(28)15-22/h9-15,21,24H,4-8,16-17H2,1-3H3,(H,29,33)/t24-/m1/s1. The maximum Gasteiger partial charge on any atom is 0.244 e. The normalized spacial score (nSPS) is 14.9. The van der Waals surface area contributed by atoms with Crippen molar-refractivity contribution >= 4 is 50.7 Å². The first-order valence-corrected chi connectivity index (χ1v) is 14.7. The highest BCUT2D eigenvalue weighted by Crippen LogP contribution is 2.26. The van der Waals surface area contributed by atoms with Gasteiger partial charge in [-0.15, -0.1) is 0 Å². The Morgan fingerprint density at radius 3 is 2.28 bits per heavy atom. The summed E-state index contributed by atoms with van der Waals surface area (Å²) in [7, 11) is -3.82. The van der Waals surface area contributed by atoms with Gasteiger partial charge in [-0.2, -0.15) is 0 Å². The highest BCUT2D eigenvalue weighted by atomic mass is 35.5. The summed E-state index contributed by atoms with van der Waals surface area (Å²) >= 11 is 12.3. The van der Waals surface area contributed by atoms with Crippen LogP contribution in [0.15, 0.2) is 42.5 Å². The summed E-state index contributed by atoms with van der Waals surface area (Å²) in [5.74, 6) is -0.712. The molecular formula is C26H33Cl2N3O4S. The Morgan fingerprint density at radius 2 is 1.72 bits per heavy atom. The zero-order chi connectivity index (χ0) is 26.5. The Hall–Kier alpha value is -2.29. The second kappa shape index (κ2) is 12.3. The lowest BCUT2D eigenvalue weighted by atomic mass is 10.1. The fourth-order valence-electron chi connectivity index (χ4n) is 4.42. The fourth-order valence-corrected chi connectivity index (χ4v) is 5.57. The van der Waals surface area contributed by atoms with Crippen LogP contribution in [0.1, 0.15) is 50.2 Å². The second-order valence-electron chi connectivity index (χ2n) is 9.27. The monoisotopic (exact) mass is 553 g/mol. The molecule has 0 aromatic heterocycles. The molecule has 0 aliphatic heterocycles. The molecule has 1 N–H and O–H groups in total. The number of nitrogens with zero attached hydrogens (tertiary/aromatic N) is 2. The zero-order valence-electron chi connectivity index (χ0n) is 20.8. The summed E-state index contributed by atoms with van der Waals surface area (Å²) < 4.78 is 26.4. The molecule has 36 heavy (non-hydrogen) atoms. The van der Waals surface area contributed by atoms with Gasteiger partial charge in [0.25, 0.3) is 0 Å². The minimum Gasteiger partial charge on any atom is -0.352 e. The first-order chi connectivity index (χ1) is 17.0. The van der Waals surface area contributed by atoms with E-state index in [-0.39, 0.29) is 24.2 Å². The molecule has 1 fully saturated rings. The van der Waals surface area contributed by atoms with Crippen molar-refractivity contribution in [3.8, 4) is 0 Å².